The molecule has 2 rings (SSSR count). The standard InChI is InChI=1S/C15H23NO/c1-13-4-2-7-15(12-13)16-9-11-17-10-8-14-5-3-6-14/h2,4,7,12,14,16H,3,5-6,8-11H2,1H3. The Labute approximate surface area is 104 Å². The second-order valence-corrected chi connectivity index (χ2v) is 4.99. The Morgan fingerprint density at radius 2 is 2.18 bits per heavy atom. The van der Waals surface area contributed by atoms with Gasteiger partial charge >= 0.3 is 0 Å². The Morgan fingerprint density at radius 1 is 1.29 bits per heavy atom. The van der Waals surface area contributed by atoms with Crippen molar-refractivity contribution in [1.82, 2.24) is 0 Å². The number of hydrogen-bond donors (Lipinski definition) is 1. The number of ether oxygens (including phenoxy) is 1. The number of hydrogen-bond acceptors (Lipinski definition) is 2. The number of benzene rings is 1. The van der Waals surface area contributed by atoms with Gasteiger partial charge in [-0.1, -0.05) is 31.4 Å². The van der Waals surface area contributed by atoms with E-state index in [0.29, 0.717) is 0 Å². The van der Waals surface area contributed by atoms with E-state index < -0.39 is 0 Å². The van der Waals surface area contributed by atoms with Crippen LogP contribution in [0.5, 0.6) is 0 Å². The molecule has 2 heteroatoms. The van der Waals surface area contributed by atoms with Crippen molar-refractivity contribution >= 4 is 5.69 Å². The molecule has 0 aliphatic heterocycles. The van der Waals surface area contributed by atoms with Crippen molar-refractivity contribution in [2.75, 3.05) is 25.1 Å². The van der Waals surface area contributed by atoms with Gasteiger partial charge in [0.25, 0.3) is 0 Å². The molecule has 0 aromatic heterocycles. The lowest BCUT2D eigenvalue weighted by molar-refractivity contribution is 0.114. The summed E-state index contributed by atoms with van der Waals surface area (Å²) in [5.41, 5.74) is 2.48. The van der Waals surface area contributed by atoms with Crippen LogP contribution in [0.3, 0.4) is 0 Å². The van der Waals surface area contributed by atoms with Gasteiger partial charge < -0.3 is 10.1 Å². The first-order valence-electron chi connectivity index (χ1n) is 6.73. The molecule has 0 radical (unpaired) electrons. The molecule has 0 bridgehead atoms. The van der Waals surface area contributed by atoms with Crippen molar-refractivity contribution < 1.29 is 4.74 Å². The van der Waals surface area contributed by atoms with Gasteiger partial charge in [-0.15, -0.1) is 0 Å². The van der Waals surface area contributed by atoms with Crippen LogP contribution in [0.25, 0.3) is 0 Å². The van der Waals surface area contributed by atoms with E-state index in [-0.39, 0.29) is 0 Å². The Bertz CT molecular complexity index is 333. The average Bonchev–Trinajstić information content (AvgIpc) is 2.25. The van der Waals surface area contributed by atoms with Gasteiger partial charge in [-0.05, 0) is 37.0 Å². The van der Waals surface area contributed by atoms with E-state index in [1.54, 1.807) is 0 Å². The van der Waals surface area contributed by atoms with E-state index in [4.69, 9.17) is 4.74 Å². The quantitative estimate of drug-likeness (QED) is 0.726. The lowest BCUT2D eigenvalue weighted by Gasteiger charge is -2.24. The zero-order valence-corrected chi connectivity index (χ0v) is 10.7. The number of anilines is 1. The van der Waals surface area contributed by atoms with E-state index >= 15 is 0 Å². The second-order valence-electron chi connectivity index (χ2n) is 4.99. The van der Waals surface area contributed by atoms with Crippen LogP contribution in [-0.2, 0) is 4.74 Å². The Morgan fingerprint density at radius 3 is 2.88 bits per heavy atom. The summed E-state index contributed by atoms with van der Waals surface area (Å²) in [7, 11) is 0. The van der Waals surface area contributed by atoms with Gasteiger partial charge in [0.05, 0.1) is 6.61 Å². The molecule has 0 atom stereocenters. The van der Waals surface area contributed by atoms with Gasteiger partial charge in [0.1, 0.15) is 0 Å². The van der Waals surface area contributed by atoms with Crippen LogP contribution in [0.15, 0.2) is 24.3 Å². The number of rotatable bonds is 7. The third kappa shape index (κ3) is 4.39. The molecule has 1 saturated carbocycles. The van der Waals surface area contributed by atoms with E-state index in [9.17, 15) is 0 Å². The molecule has 1 fully saturated rings. The minimum absolute atomic E-state index is 0.806. The highest BCUT2D eigenvalue weighted by Crippen LogP contribution is 2.28. The van der Waals surface area contributed by atoms with E-state index in [0.717, 1.165) is 25.7 Å². The van der Waals surface area contributed by atoms with Crippen LogP contribution in [0.4, 0.5) is 5.69 Å². The van der Waals surface area contributed by atoms with E-state index in [2.05, 4.69) is 36.5 Å². The molecule has 0 heterocycles. The second kappa shape index (κ2) is 6.65. The van der Waals surface area contributed by atoms with Gasteiger partial charge in [-0.25, -0.2) is 0 Å². The third-order valence-electron chi connectivity index (χ3n) is 3.49. The van der Waals surface area contributed by atoms with Gasteiger partial charge in [0, 0.05) is 18.8 Å². The summed E-state index contributed by atoms with van der Waals surface area (Å²) >= 11 is 0. The van der Waals surface area contributed by atoms with Crippen LogP contribution >= 0.6 is 0 Å². The van der Waals surface area contributed by atoms with Gasteiger partial charge in [-0.3, -0.25) is 0 Å². The monoisotopic (exact) mass is 233 g/mol. The van der Waals surface area contributed by atoms with Crippen LogP contribution in [-0.4, -0.2) is 19.8 Å². The molecule has 1 N–H and O–H groups in total. The average molecular weight is 233 g/mol. The van der Waals surface area contributed by atoms with Crippen molar-refractivity contribution in [1.29, 1.82) is 0 Å². The fourth-order valence-electron chi connectivity index (χ4n) is 2.16. The summed E-state index contributed by atoms with van der Waals surface area (Å²) in [6.07, 6.45) is 5.53. The number of nitrogens with one attached hydrogen (secondary N) is 1. The first-order chi connectivity index (χ1) is 8.34. The zero-order chi connectivity index (χ0) is 11.9. The van der Waals surface area contributed by atoms with Crippen LogP contribution in [0.2, 0.25) is 0 Å². The van der Waals surface area contributed by atoms with Gasteiger partial charge in [0.2, 0.25) is 0 Å². The molecular formula is C15H23NO. The Balaban J connectivity index is 1.50. The predicted octanol–water partition coefficient (Wildman–Crippen LogP) is 3.61. The first-order valence-corrected chi connectivity index (χ1v) is 6.73. The summed E-state index contributed by atoms with van der Waals surface area (Å²) in [6.45, 7) is 4.75. The highest BCUT2D eigenvalue weighted by Gasteiger charge is 2.16. The summed E-state index contributed by atoms with van der Waals surface area (Å²) in [5.74, 6) is 0.958. The molecule has 1 aromatic carbocycles. The molecule has 1 aliphatic rings. The number of aryl methyl sites for hydroxylation is 1. The van der Waals surface area contributed by atoms with Gasteiger partial charge in [0.15, 0.2) is 0 Å². The highest BCUT2D eigenvalue weighted by atomic mass is 16.5. The van der Waals surface area contributed by atoms with Crippen molar-refractivity contribution in [2.24, 2.45) is 5.92 Å². The lowest BCUT2D eigenvalue weighted by Crippen LogP contribution is -2.15. The van der Waals surface area contributed by atoms with Crippen molar-refractivity contribution in [3.63, 3.8) is 0 Å². The first kappa shape index (κ1) is 12.4. The fraction of sp³-hybridized carbons (Fsp3) is 0.600. The smallest absolute Gasteiger partial charge is 0.0639 e. The molecule has 0 unspecified atom stereocenters. The molecule has 0 amide bonds. The maximum Gasteiger partial charge on any atom is 0.0639 e. The molecule has 17 heavy (non-hydrogen) atoms. The normalized spacial score (nSPS) is 15.6. The maximum atomic E-state index is 5.63. The minimum atomic E-state index is 0.806. The fourth-order valence-corrected chi connectivity index (χ4v) is 2.16. The van der Waals surface area contributed by atoms with Crippen LogP contribution in [0.1, 0.15) is 31.2 Å². The summed E-state index contributed by atoms with van der Waals surface area (Å²) < 4.78 is 5.63. The summed E-state index contributed by atoms with van der Waals surface area (Å²) in [5, 5.41) is 3.38. The summed E-state index contributed by atoms with van der Waals surface area (Å²) in [6, 6.07) is 8.45. The SMILES string of the molecule is Cc1cccc(NCCOCCC2CCC2)c1. The van der Waals surface area contributed by atoms with Crippen molar-refractivity contribution in [3.05, 3.63) is 29.8 Å². The third-order valence-corrected chi connectivity index (χ3v) is 3.49. The van der Waals surface area contributed by atoms with Crippen LogP contribution in [0, 0.1) is 12.8 Å². The van der Waals surface area contributed by atoms with E-state index in [1.165, 1.54) is 36.9 Å². The van der Waals surface area contributed by atoms with Crippen molar-refractivity contribution in [3.8, 4) is 0 Å². The Hall–Kier alpha value is -1.02. The molecule has 0 saturated heterocycles. The van der Waals surface area contributed by atoms with Crippen molar-refractivity contribution in [2.45, 2.75) is 32.6 Å². The minimum Gasteiger partial charge on any atom is -0.383 e. The molecule has 94 valence electrons. The largest absolute Gasteiger partial charge is 0.383 e. The Kier molecular flexibility index (Phi) is 4.87. The van der Waals surface area contributed by atoms with E-state index in [1.807, 2.05) is 0 Å². The topological polar surface area (TPSA) is 21.3 Å². The van der Waals surface area contributed by atoms with Crippen LogP contribution < -0.4 is 5.32 Å². The van der Waals surface area contributed by atoms with Gasteiger partial charge in [-0.2, -0.15) is 0 Å². The maximum absolute atomic E-state index is 5.63. The zero-order valence-electron chi connectivity index (χ0n) is 10.7. The molecule has 1 aliphatic carbocycles. The lowest BCUT2D eigenvalue weighted by atomic mass is 9.83. The highest BCUT2D eigenvalue weighted by molar-refractivity contribution is 5.45. The molecule has 1 aromatic rings. The molecular weight excluding hydrogens is 210 g/mol. The molecule has 0 spiro atoms. The summed E-state index contributed by atoms with van der Waals surface area (Å²) in [4.78, 5) is 0. The molecule has 2 nitrogen and oxygen atoms in total. The predicted molar refractivity (Wildman–Crippen MR) is 72.4 cm³/mol.